The van der Waals surface area contributed by atoms with Gasteiger partial charge in [-0.15, -0.1) is 0 Å². The molecule has 0 N–H and O–H groups in total. The van der Waals surface area contributed by atoms with Crippen LogP contribution in [0.5, 0.6) is 0 Å². The summed E-state index contributed by atoms with van der Waals surface area (Å²) in [6.45, 7) is 3.59. The number of rotatable bonds is 10. The Labute approximate surface area is 132 Å². The molecule has 1 unspecified atom stereocenters. The molecule has 0 aliphatic rings. The zero-order valence-corrected chi connectivity index (χ0v) is 14.9. The lowest BCUT2D eigenvalue weighted by molar-refractivity contribution is -0.140. The third-order valence-corrected chi connectivity index (χ3v) is 7.10. The Bertz CT molecular complexity index is 562. The molecule has 0 bridgehead atoms. The molecule has 0 aromatic carbocycles. The van der Waals surface area contributed by atoms with E-state index in [2.05, 4.69) is 4.74 Å². The van der Waals surface area contributed by atoms with E-state index < -0.39 is 42.9 Å². The molecule has 9 heteroatoms. The molecule has 1 atom stereocenters. The van der Waals surface area contributed by atoms with Crippen molar-refractivity contribution in [1.82, 2.24) is 0 Å². The number of hydrogen-bond donors (Lipinski definition) is 0. The molecular formula is C12H22O6S3. The summed E-state index contributed by atoms with van der Waals surface area (Å²) in [6.07, 6.45) is 0.125. The first kappa shape index (κ1) is 20.5. The maximum atomic E-state index is 11.8. The van der Waals surface area contributed by atoms with Crippen molar-refractivity contribution in [1.29, 1.82) is 0 Å². The lowest BCUT2D eigenvalue weighted by Crippen LogP contribution is -2.23. The van der Waals surface area contributed by atoms with Gasteiger partial charge in [-0.3, -0.25) is 4.79 Å². The van der Waals surface area contributed by atoms with E-state index in [-0.39, 0.29) is 18.1 Å². The number of esters is 1. The Hall–Kier alpha value is -0.540. The van der Waals surface area contributed by atoms with Crippen molar-refractivity contribution in [2.75, 3.05) is 30.1 Å². The van der Waals surface area contributed by atoms with E-state index in [1.54, 1.807) is 6.92 Å². The van der Waals surface area contributed by atoms with Gasteiger partial charge in [0.25, 0.3) is 0 Å². The smallest absolute Gasteiger partial charge is 0.306 e. The van der Waals surface area contributed by atoms with Crippen LogP contribution in [0, 0.1) is 5.92 Å². The molecule has 6 nitrogen and oxygen atoms in total. The number of carbonyl (C=O) groups is 1. The van der Waals surface area contributed by atoms with Crippen LogP contribution in [-0.2, 0) is 29.2 Å². The lowest BCUT2D eigenvalue weighted by Gasteiger charge is -2.10. The van der Waals surface area contributed by atoms with Crippen LogP contribution in [0.3, 0.4) is 0 Å². The molecule has 0 spiro atoms. The Morgan fingerprint density at radius 2 is 1.52 bits per heavy atom. The predicted molar refractivity (Wildman–Crippen MR) is 86.0 cm³/mol. The quantitative estimate of drug-likeness (QED) is 0.421. The predicted octanol–water partition coefficient (Wildman–Crippen LogP) is 0.795. The maximum Gasteiger partial charge on any atom is 0.306 e. The van der Waals surface area contributed by atoms with Crippen molar-refractivity contribution in [2.45, 2.75) is 26.7 Å². The van der Waals surface area contributed by atoms with Gasteiger partial charge in [0.1, 0.15) is 0 Å². The van der Waals surface area contributed by atoms with Gasteiger partial charge >= 0.3 is 5.97 Å². The SMILES string of the molecule is COC(=O)CCS(=O)(=O)CCS(=O)(=O)CCC(C)C(C)=S. The summed E-state index contributed by atoms with van der Waals surface area (Å²) in [5.74, 6) is -2.02. The first-order chi connectivity index (χ1) is 9.49. The van der Waals surface area contributed by atoms with Crippen LogP contribution < -0.4 is 0 Å². The summed E-state index contributed by atoms with van der Waals surface area (Å²) in [5, 5.41) is 0. The molecule has 124 valence electrons. The van der Waals surface area contributed by atoms with Gasteiger partial charge in [0.15, 0.2) is 19.7 Å². The van der Waals surface area contributed by atoms with Crippen LogP contribution in [0.25, 0.3) is 0 Å². The summed E-state index contributed by atoms with van der Waals surface area (Å²) in [6, 6.07) is 0. The van der Waals surface area contributed by atoms with Gasteiger partial charge in [0.2, 0.25) is 0 Å². The number of sulfone groups is 2. The van der Waals surface area contributed by atoms with Crippen molar-refractivity contribution >= 4 is 42.7 Å². The molecule has 0 fully saturated rings. The highest BCUT2D eigenvalue weighted by Crippen LogP contribution is 2.08. The van der Waals surface area contributed by atoms with Gasteiger partial charge < -0.3 is 4.74 Å². The zero-order valence-electron chi connectivity index (χ0n) is 12.5. The largest absolute Gasteiger partial charge is 0.469 e. The van der Waals surface area contributed by atoms with Crippen LogP contribution in [0.1, 0.15) is 26.7 Å². The molecular weight excluding hydrogens is 336 g/mol. The second kappa shape index (κ2) is 8.79. The van der Waals surface area contributed by atoms with E-state index in [4.69, 9.17) is 12.2 Å². The summed E-state index contributed by atoms with van der Waals surface area (Å²) < 4.78 is 51.2. The molecule has 0 saturated heterocycles. The average molecular weight is 359 g/mol. The Kier molecular flexibility index (Phi) is 8.57. The molecule has 0 aromatic heterocycles. The van der Waals surface area contributed by atoms with Gasteiger partial charge in [0.05, 0.1) is 36.5 Å². The minimum atomic E-state index is -3.58. The second-order valence-electron chi connectivity index (χ2n) is 4.93. The number of ether oxygens (including phenoxy) is 1. The second-order valence-corrected chi connectivity index (χ2v) is 10.2. The molecule has 0 heterocycles. The third kappa shape index (κ3) is 9.92. The summed E-state index contributed by atoms with van der Waals surface area (Å²) in [5.41, 5.74) is 0. The van der Waals surface area contributed by atoms with Gasteiger partial charge in [-0.1, -0.05) is 19.1 Å². The molecule has 0 radical (unpaired) electrons. The fourth-order valence-corrected chi connectivity index (χ4v) is 5.11. The van der Waals surface area contributed by atoms with Crippen molar-refractivity contribution in [3.63, 3.8) is 0 Å². The standard InChI is InChI=1S/C12H22O6S3/c1-10(11(2)19)4-6-20(14,15)8-9-21(16,17)7-5-12(13)18-3/h10H,4-9H2,1-3H3. The van der Waals surface area contributed by atoms with E-state index >= 15 is 0 Å². The normalized spacial score (nSPS) is 13.7. The van der Waals surface area contributed by atoms with E-state index in [9.17, 15) is 21.6 Å². The highest BCUT2D eigenvalue weighted by Gasteiger charge is 2.20. The van der Waals surface area contributed by atoms with E-state index in [0.717, 1.165) is 4.86 Å². The van der Waals surface area contributed by atoms with Gasteiger partial charge in [-0.2, -0.15) is 0 Å². The highest BCUT2D eigenvalue weighted by molar-refractivity contribution is 7.95. The topological polar surface area (TPSA) is 94.6 Å². The summed E-state index contributed by atoms with van der Waals surface area (Å²) in [7, 11) is -5.86. The van der Waals surface area contributed by atoms with Crippen LogP contribution >= 0.6 is 12.2 Å². The molecule has 21 heavy (non-hydrogen) atoms. The minimum Gasteiger partial charge on any atom is -0.469 e. The lowest BCUT2D eigenvalue weighted by atomic mass is 10.1. The minimum absolute atomic E-state index is 0.00528. The first-order valence-electron chi connectivity index (χ1n) is 6.47. The Morgan fingerprint density at radius 1 is 1.05 bits per heavy atom. The van der Waals surface area contributed by atoms with Crippen molar-refractivity contribution in [3.8, 4) is 0 Å². The number of hydrogen-bond acceptors (Lipinski definition) is 7. The Morgan fingerprint density at radius 3 is 1.95 bits per heavy atom. The summed E-state index contributed by atoms with van der Waals surface area (Å²) in [4.78, 5) is 11.6. The molecule has 0 amide bonds. The van der Waals surface area contributed by atoms with E-state index in [0.29, 0.717) is 6.42 Å². The average Bonchev–Trinajstić information content (AvgIpc) is 2.40. The highest BCUT2D eigenvalue weighted by atomic mass is 32.2. The van der Waals surface area contributed by atoms with Crippen molar-refractivity contribution in [3.05, 3.63) is 0 Å². The number of carbonyl (C=O) groups excluding carboxylic acids is 1. The van der Waals surface area contributed by atoms with Crippen LogP contribution in [-0.4, -0.2) is 57.8 Å². The number of thiocarbonyl (C=S) groups is 1. The van der Waals surface area contributed by atoms with Gasteiger partial charge in [-0.05, 0) is 24.1 Å². The van der Waals surface area contributed by atoms with Crippen LogP contribution in [0.4, 0.5) is 0 Å². The van der Waals surface area contributed by atoms with Crippen molar-refractivity contribution in [2.24, 2.45) is 5.92 Å². The first-order valence-corrected chi connectivity index (χ1v) is 10.5. The molecule has 0 aromatic rings. The molecule has 0 aliphatic carbocycles. The Balaban J connectivity index is 4.35. The van der Waals surface area contributed by atoms with Crippen molar-refractivity contribution < 1.29 is 26.4 Å². The third-order valence-electron chi connectivity index (χ3n) is 3.11. The molecule has 0 saturated carbocycles. The van der Waals surface area contributed by atoms with E-state index in [1.165, 1.54) is 7.11 Å². The maximum absolute atomic E-state index is 11.8. The molecule has 0 aliphatic heterocycles. The van der Waals surface area contributed by atoms with Crippen LogP contribution in [0.2, 0.25) is 0 Å². The fourth-order valence-electron chi connectivity index (χ4n) is 1.36. The van der Waals surface area contributed by atoms with Gasteiger partial charge in [0, 0.05) is 0 Å². The molecule has 0 rings (SSSR count). The summed E-state index contributed by atoms with van der Waals surface area (Å²) >= 11 is 4.97. The fraction of sp³-hybridized carbons (Fsp3) is 0.833. The zero-order chi connectivity index (χ0) is 16.7. The monoisotopic (exact) mass is 358 g/mol. The van der Waals surface area contributed by atoms with Gasteiger partial charge in [-0.25, -0.2) is 16.8 Å². The van der Waals surface area contributed by atoms with Crippen LogP contribution in [0.15, 0.2) is 0 Å². The number of methoxy groups -OCH3 is 1. The van der Waals surface area contributed by atoms with E-state index in [1.807, 2.05) is 6.92 Å².